The Hall–Kier alpha value is -2.43. The second-order valence-electron chi connectivity index (χ2n) is 4.52. The van der Waals surface area contributed by atoms with E-state index in [9.17, 15) is 4.79 Å². The van der Waals surface area contributed by atoms with E-state index in [1.807, 2.05) is 25.1 Å². The van der Waals surface area contributed by atoms with Gasteiger partial charge >= 0.3 is 0 Å². The van der Waals surface area contributed by atoms with Crippen molar-refractivity contribution in [3.05, 3.63) is 47.9 Å². The molecule has 0 aliphatic rings. The number of amides is 1. The second-order valence-corrected chi connectivity index (χ2v) is 4.52. The van der Waals surface area contributed by atoms with Crippen molar-refractivity contribution in [2.45, 2.75) is 13.5 Å². The van der Waals surface area contributed by atoms with Crippen molar-refractivity contribution < 1.29 is 18.7 Å². The number of methoxy groups -OCH3 is 2. The first-order valence-electron chi connectivity index (χ1n) is 6.72. The van der Waals surface area contributed by atoms with Crippen molar-refractivity contribution in [1.29, 1.82) is 0 Å². The Morgan fingerprint density at radius 3 is 2.52 bits per heavy atom. The Labute approximate surface area is 124 Å². The van der Waals surface area contributed by atoms with E-state index in [0.717, 1.165) is 5.56 Å². The molecule has 5 heteroatoms. The van der Waals surface area contributed by atoms with Crippen LogP contribution in [0.4, 0.5) is 0 Å². The third kappa shape index (κ3) is 3.37. The number of rotatable bonds is 6. The van der Waals surface area contributed by atoms with E-state index in [1.54, 1.807) is 25.2 Å². The van der Waals surface area contributed by atoms with E-state index in [1.165, 1.54) is 12.5 Å². The fourth-order valence-corrected chi connectivity index (χ4v) is 2.10. The van der Waals surface area contributed by atoms with Crippen LogP contribution >= 0.6 is 0 Å². The lowest BCUT2D eigenvalue weighted by Gasteiger charge is -2.21. The van der Waals surface area contributed by atoms with Crippen molar-refractivity contribution in [3.8, 4) is 11.5 Å². The summed E-state index contributed by atoms with van der Waals surface area (Å²) in [6.07, 6.45) is 2.96. The van der Waals surface area contributed by atoms with Gasteiger partial charge in [-0.1, -0.05) is 6.07 Å². The number of carbonyl (C=O) groups is 1. The first-order valence-corrected chi connectivity index (χ1v) is 6.72. The summed E-state index contributed by atoms with van der Waals surface area (Å²) in [6, 6.07) is 7.31. The lowest BCUT2D eigenvalue weighted by atomic mass is 10.1. The van der Waals surface area contributed by atoms with Crippen molar-refractivity contribution in [1.82, 2.24) is 4.90 Å². The Kier molecular flexibility index (Phi) is 4.87. The minimum atomic E-state index is -0.0546. The zero-order valence-electron chi connectivity index (χ0n) is 12.5. The van der Waals surface area contributed by atoms with Crippen LogP contribution in [0.25, 0.3) is 0 Å². The molecule has 1 amide bonds. The molecule has 0 spiro atoms. The summed E-state index contributed by atoms with van der Waals surface area (Å²) in [5.74, 6) is 1.27. The van der Waals surface area contributed by atoms with Crippen LogP contribution in [0.3, 0.4) is 0 Å². The largest absolute Gasteiger partial charge is 0.493 e. The number of benzene rings is 1. The predicted octanol–water partition coefficient (Wildman–Crippen LogP) is 2.96. The van der Waals surface area contributed by atoms with Gasteiger partial charge in [0.05, 0.1) is 26.0 Å². The summed E-state index contributed by atoms with van der Waals surface area (Å²) >= 11 is 0. The average Bonchev–Trinajstić information content (AvgIpc) is 3.06. The summed E-state index contributed by atoms with van der Waals surface area (Å²) in [6.45, 7) is 3.05. The topological polar surface area (TPSA) is 51.9 Å². The second kappa shape index (κ2) is 6.83. The summed E-state index contributed by atoms with van der Waals surface area (Å²) in [5.41, 5.74) is 1.53. The van der Waals surface area contributed by atoms with Crippen LogP contribution < -0.4 is 9.47 Å². The molecule has 1 aromatic carbocycles. The monoisotopic (exact) mass is 289 g/mol. The van der Waals surface area contributed by atoms with E-state index in [0.29, 0.717) is 30.2 Å². The van der Waals surface area contributed by atoms with Crippen LogP contribution in [-0.2, 0) is 6.54 Å². The van der Waals surface area contributed by atoms with E-state index >= 15 is 0 Å². The number of hydrogen-bond acceptors (Lipinski definition) is 4. The third-order valence-electron chi connectivity index (χ3n) is 3.26. The summed E-state index contributed by atoms with van der Waals surface area (Å²) < 4.78 is 15.5. The Morgan fingerprint density at radius 1 is 1.19 bits per heavy atom. The van der Waals surface area contributed by atoms with Gasteiger partial charge in [0.25, 0.3) is 5.91 Å². The third-order valence-corrected chi connectivity index (χ3v) is 3.26. The molecule has 0 aliphatic carbocycles. The van der Waals surface area contributed by atoms with Crippen LogP contribution in [0, 0.1) is 0 Å². The highest BCUT2D eigenvalue weighted by Crippen LogP contribution is 2.28. The Morgan fingerprint density at radius 2 is 1.95 bits per heavy atom. The van der Waals surface area contributed by atoms with Gasteiger partial charge in [-0.25, -0.2) is 0 Å². The molecular formula is C16H19NO4. The van der Waals surface area contributed by atoms with Gasteiger partial charge in [0, 0.05) is 13.1 Å². The number of ether oxygens (including phenoxy) is 2. The first kappa shape index (κ1) is 15.0. The fourth-order valence-electron chi connectivity index (χ4n) is 2.10. The normalized spacial score (nSPS) is 10.2. The van der Waals surface area contributed by atoms with Crippen LogP contribution in [-0.4, -0.2) is 31.6 Å². The van der Waals surface area contributed by atoms with E-state index in [-0.39, 0.29) is 5.91 Å². The molecule has 5 nitrogen and oxygen atoms in total. The fraction of sp³-hybridized carbons (Fsp3) is 0.312. The molecule has 2 rings (SSSR count). The number of nitrogens with zero attached hydrogens (tertiary/aromatic N) is 1. The van der Waals surface area contributed by atoms with Crippen molar-refractivity contribution in [2.75, 3.05) is 20.8 Å². The molecule has 0 radical (unpaired) electrons. The molecule has 112 valence electrons. The van der Waals surface area contributed by atoms with Gasteiger partial charge in [0.2, 0.25) is 0 Å². The van der Waals surface area contributed by atoms with Gasteiger partial charge in [0.15, 0.2) is 11.5 Å². The van der Waals surface area contributed by atoms with E-state index in [4.69, 9.17) is 13.9 Å². The average molecular weight is 289 g/mol. The molecule has 2 aromatic rings. The summed E-state index contributed by atoms with van der Waals surface area (Å²) in [4.78, 5) is 14.1. The maximum atomic E-state index is 12.3. The van der Waals surface area contributed by atoms with Crippen LogP contribution in [0.5, 0.6) is 11.5 Å². The summed E-state index contributed by atoms with van der Waals surface area (Å²) in [7, 11) is 3.19. The smallest absolute Gasteiger partial charge is 0.257 e. The van der Waals surface area contributed by atoms with E-state index in [2.05, 4.69) is 0 Å². The van der Waals surface area contributed by atoms with Crippen molar-refractivity contribution in [2.24, 2.45) is 0 Å². The Balaban J connectivity index is 2.17. The zero-order chi connectivity index (χ0) is 15.2. The molecule has 0 fully saturated rings. The highest BCUT2D eigenvalue weighted by Gasteiger charge is 2.16. The maximum absolute atomic E-state index is 12.3. The maximum Gasteiger partial charge on any atom is 0.257 e. The standard InChI is InChI=1S/C16H19NO4/c1-4-17(16(18)13-7-8-21-11-13)10-12-5-6-14(19-2)15(9-12)20-3/h5-9,11H,4,10H2,1-3H3. The van der Waals surface area contributed by atoms with Crippen LogP contribution in [0.15, 0.2) is 41.2 Å². The highest BCUT2D eigenvalue weighted by atomic mass is 16.5. The molecule has 0 atom stereocenters. The Bertz CT molecular complexity index is 592. The molecule has 0 saturated carbocycles. The molecule has 21 heavy (non-hydrogen) atoms. The van der Waals surface area contributed by atoms with Gasteiger partial charge < -0.3 is 18.8 Å². The van der Waals surface area contributed by atoms with Gasteiger partial charge in [-0.3, -0.25) is 4.79 Å². The first-order chi connectivity index (χ1) is 10.2. The van der Waals surface area contributed by atoms with Crippen LogP contribution in [0.2, 0.25) is 0 Å². The zero-order valence-corrected chi connectivity index (χ0v) is 12.5. The van der Waals surface area contributed by atoms with Crippen molar-refractivity contribution in [3.63, 3.8) is 0 Å². The van der Waals surface area contributed by atoms with Gasteiger partial charge in [-0.05, 0) is 30.7 Å². The molecular weight excluding hydrogens is 270 g/mol. The minimum absolute atomic E-state index is 0.0546. The van der Waals surface area contributed by atoms with Gasteiger partial charge in [-0.15, -0.1) is 0 Å². The van der Waals surface area contributed by atoms with Crippen molar-refractivity contribution >= 4 is 5.91 Å². The lowest BCUT2D eigenvalue weighted by molar-refractivity contribution is 0.0751. The molecule has 0 N–H and O–H groups in total. The van der Waals surface area contributed by atoms with Crippen LogP contribution in [0.1, 0.15) is 22.8 Å². The molecule has 0 bridgehead atoms. The molecule has 0 saturated heterocycles. The molecule has 1 heterocycles. The summed E-state index contributed by atoms with van der Waals surface area (Å²) in [5, 5.41) is 0. The van der Waals surface area contributed by atoms with Gasteiger partial charge in [-0.2, -0.15) is 0 Å². The minimum Gasteiger partial charge on any atom is -0.493 e. The highest BCUT2D eigenvalue weighted by molar-refractivity contribution is 5.93. The number of furan rings is 1. The molecule has 1 aromatic heterocycles. The predicted molar refractivity (Wildman–Crippen MR) is 78.7 cm³/mol. The number of hydrogen-bond donors (Lipinski definition) is 0. The number of carbonyl (C=O) groups excluding carboxylic acids is 1. The van der Waals surface area contributed by atoms with Gasteiger partial charge in [0.1, 0.15) is 6.26 Å². The lowest BCUT2D eigenvalue weighted by Crippen LogP contribution is -2.30. The van der Waals surface area contributed by atoms with E-state index < -0.39 is 0 Å². The molecule has 0 unspecified atom stereocenters. The SMILES string of the molecule is CCN(Cc1ccc(OC)c(OC)c1)C(=O)c1ccoc1. The molecule has 0 aliphatic heterocycles. The quantitative estimate of drug-likeness (QED) is 0.820.